The topological polar surface area (TPSA) is 109 Å². The average molecular weight is 436 g/mol. The first-order valence-corrected chi connectivity index (χ1v) is 10.5. The number of hydrogen-bond acceptors (Lipinski definition) is 6. The molecule has 166 valence electrons. The molecule has 8 nitrogen and oxygen atoms in total. The number of para-hydroxylation sites is 1. The maximum Gasteiger partial charge on any atom is 0.306 e. The molecule has 0 spiro atoms. The third-order valence-corrected chi connectivity index (χ3v) is 5.36. The Kier molecular flexibility index (Phi) is 6.01. The lowest BCUT2D eigenvalue weighted by molar-refractivity contribution is -0.147. The van der Waals surface area contributed by atoms with Crippen molar-refractivity contribution in [3.05, 3.63) is 53.1 Å². The van der Waals surface area contributed by atoms with Crippen molar-refractivity contribution in [2.75, 3.05) is 24.7 Å². The van der Waals surface area contributed by atoms with Crippen molar-refractivity contribution in [3.63, 3.8) is 0 Å². The van der Waals surface area contributed by atoms with Crippen molar-refractivity contribution >= 4 is 17.6 Å². The number of amides is 1. The fourth-order valence-corrected chi connectivity index (χ4v) is 4.06. The normalized spacial score (nSPS) is 19.8. The van der Waals surface area contributed by atoms with E-state index in [4.69, 9.17) is 14.2 Å². The molecule has 2 aromatic carbocycles. The van der Waals surface area contributed by atoms with Gasteiger partial charge >= 0.3 is 5.97 Å². The zero-order valence-corrected chi connectivity index (χ0v) is 17.9. The number of carbonyl (C=O) groups is 2. The number of ether oxygens (including phenoxy) is 3. The van der Waals surface area contributed by atoms with E-state index < -0.39 is 30.5 Å². The first-order chi connectivity index (χ1) is 15.4. The molecule has 0 aromatic heterocycles. The van der Waals surface area contributed by atoms with Crippen molar-refractivity contribution in [2.24, 2.45) is 5.92 Å². The smallest absolute Gasteiger partial charge is 0.306 e. The summed E-state index contributed by atoms with van der Waals surface area (Å²) in [7, 11) is 0. The first-order valence-electron chi connectivity index (χ1n) is 10.5. The molecule has 0 saturated carbocycles. The molecule has 1 amide bonds. The number of nitrogens with zero attached hydrogens (tertiary/aromatic N) is 2. The van der Waals surface area contributed by atoms with E-state index in [0.717, 1.165) is 0 Å². The third kappa shape index (κ3) is 4.12. The van der Waals surface area contributed by atoms with Crippen molar-refractivity contribution < 1.29 is 28.9 Å². The molecule has 0 bridgehead atoms. The van der Waals surface area contributed by atoms with Gasteiger partial charge in [-0.2, -0.15) is 5.26 Å². The van der Waals surface area contributed by atoms with Gasteiger partial charge < -0.3 is 24.2 Å². The summed E-state index contributed by atoms with van der Waals surface area (Å²) in [6, 6.07) is 12.6. The average Bonchev–Trinajstić information content (AvgIpc) is 2.88. The first kappa shape index (κ1) is 21.7. The van der Waals surface area contributed by atoms with Crippen LogP contribution < -0.4 is 14.4 Å². The zero-order valence-electron chi connectivity index (χ0n) is 17.9. The Bertz CT molecular complexity index is 1090. The summed E-state index contributed by atoms with van der Waals surface area (Å²) in [6.07, 6.45) is -2.50. The highest BCUT2D eigenvalue weighted by Gasteiger charge is 2.39. The number of nitriles is 1. The Morgan fingerprint density at radius 2 is 2.00 bits per heavy atom. The van der Waals surface area contributed by atoms with E-state index in [1.54, 1.807) is 41.3 Å². The standard InChI is InChI=1S/C24H24N2O6/c1-14(2)13-26-18-7-6-15(12-25)10-17(18)22(32-20(24(26)29)11-21(27)28)16-4-3-5-19-23(16)31-9-8-30-19/h3-7,10,14,20,22H,8-9,11,13H2,1-2H3,(H,27,28). The Hall–Kier alpha value is -3.57. The number of hydrogen-bond donors (Lipinski definition) is 1. The predicted molar refractivity (Wildman–Crippen MR) is 115 cm³/mol. The number of carbonyl (C=O) groups excluding carboxylic acids is 1. The Balaban J connectivity index is 1.93. The minimum absolute atomic E-state index is 0.130. The van der Waals surface area contributed by atoms with Crippen LogP contribution in [0.1, 0.15) is 43.1 Å². The van der Waals surface area contributed by atoms with Crippen LogP contribution in [0.15, 0.2) is 36.4 Å². The van der Waals surface area contributed by atoms with Crippen LogP contribution in [0.3, 0.4) is 0 Å². The minimum atomic E-state index is -1.20. The van der Waals surface area contributed by atoms with Gasteiger partial charge in [-0.1, -0.05) is 26.0 Å². The number of rotatable bonds is 5. The van der Waals surface area contributed by atoms with Crippen molar-refractivity contribution in [1.29, 1.82) is 5.26 Å². The highest BCUT2D eigenvalue weighted by atomic mass is 16.6. The summed E-state index contributed by atoms with van der Waals surface area (Å²) in [4.78, 5) is 26.6. The largest absolute Gasteiger partial charge is 0.486 e. The lowest BCUT2D eigenvalue weighted by atomic mass is 9.96. The minimum Gasteiger partial charge on any atom is -0.486 e. The van der Waals surface area contributed by atoms with Crippen LogP contribution in [0.5, 0.6) is 11.5 Å². The van der Waals surface area contributed by atoms with Gasteiger partial charge in [0, 0.05) is 23.4 Å². The van der Waals surface area contributed by atoms with Gasteiger partial charge in [-0.25, -0.2) is 0 Å². The van der Waals surface area contributed by atoms with Gasteiger partial charge in [0.1, 0.15) is 25.4 Å². The van der Waals surface area contributed by atoms with E-state index in [1.807, 2.05) is 13.8 Å². The molecule has 0 aliphatic carbocycles. The van der Waals surface area contributed by atoms with E-state index in [2.05, 4.69) is 6.07 Å². The summed E-state index contributed by atoms with van der Waals surface area (Å²) in [5.41, 5.74) is 2.23. The van der Waals surface area contributed by atoms with Crippen LogP contribution in [0.2, 0.25) is 0 Å². The monoisotopic (exact) mass is 436 g/mol. The van der Waals surface area contributed by atoms with Crippen molar-refractivity contribution in [2.45, 2.75) is 32.5 Å². The summed E-state index contributed by atoms with van der Waals surface area (Å²) in [5.74, 6) is -0.372. The van der Waals surface area contributed by atoms with Gasteiger partial charge in [-0.05, 0) is 30.2 Å². The van der Waals surface area contributed by atoms with Crippen molar-refractivity contribution in [3.8, 4) is 17.6 Å². The van der Waals surface area contributed by atoms with Gasteiger partial charge in [-0.15, -0.1) is 0 Å². The molecule has 0 saturated heterocycles. The zero-order chi connectivity index (χ0) is 22.8. The summed E-state index contributed by atoms with van der Waals surface area (Å²) in [6.45, 7) is 5.12. The molecule has 32 heavy (non-hydrogen) atoms. The van der Waals surface area contributed by atoms with Crippen LogP contribution >= 0.6 is 0 Å². The SMILES string of the molecule is CC(C)CN1C(=O)C(CC(=O)O)OC(c2cccc3c2OCCO3)c2cc(C#N)ccc21. The molecule has 4 rings (SSSR count). The van der Waals surface area contributed by atoms with Crippen LogP contribution in [-0.2, 0) is 14.3 Å². The lowest BCUT2D eigenvalue weighted by Gasteiger charge is -2.27. The van der Waals surface area contributed by atoms with Crippen LogP contribution in [-0.4, -0.2) is 42.8 Å². The van der Waals surface area contributed by atoms with E-state index >= 15 is 0 Å². The molecule has 8 heteroatoms. The maximum atomic E-state index is 13.4. The molecule has 2 unspecified atom stereocenters. The van der Waals surface area contributed by atoms with E-state index in [0.29, 0.717) is 53.6 Å². The van der Waals surface area contributed by atoms with Gasteiger partial charge in [0.15, 0.2) is 11.5 Å². The highest BCUT2D eigenvalue weighted by molar-refractivity contribution is 5.99. The second-order valence-electron chi connectivity index (χ2n) is 8.20. The quantitative estimate of drug-likeness (QED) is 0.766. The Labute approximate surface area is 185 Å². The molecule has 1 N–H and O–H groups in total. The van der Waals surface area contributed by atoms with Crippen LogP contribution in [0.25, 0.3) is 0 Å². The van der Waals surface area contributed by atoms with Gasteiger partial charge in [0.05, 0.1) is 18.1 Å². The molecule has 2 aromatic rings. The number of fused-ring (bicyclic) bond motifs is 2. The van der Waals surface area contributed by atoms with E-state index in [-0.39, 0.29) is 5.92 Å². The summed E-state index contributed by atoms with van der Waals surface area (Å²) < 4.78 is 17.8. The maximum absolute atomic E-state index is 13.4. The number of anilines is 1. The van der Waals surface area contributed by atoms with Crippen LogP contribution in [0, 0.1) is 17.2 Å². The Morgan fingerprint density at radius 3 is 2.72 bits per heavy atom. The number of benzene rings is 2. The molecule has 2 atom stereocenters. The fraction of sp³-hybridized carbons (Fsp3) is 0.375. The summed E-state index contributed by atoms with van der Waals surface area (Å²) in [5, 5.41) is 19.0. The van der Waals surface area contributed by atoms with Gasteiger partial charge in [-0.3, -0.25) is 9.59 Å². The molecule has 0 fully saturated rings. The highest BCUT2D eigenvalue weighted by Crippen LogP contribution is 2.45. The number of carboxylic acids is 1. The second kappa shape index (κ2) is 8.89. The third-order valence-electron chi connectivity index (χ3n) is 5.36. The summed E-state index contributed by atoms with van der Waals surface area (Å²) >= 11 is 0. The molecule has 0 radical (unpaired) electrons. The second-order valence-corrected chi connectivity index (χ2v) is 8.20. The van der Waals surface area contributed by atoms with E-state index in [9.17, 15) is 20.0 Å². The van der Waals surface area contributed by atoms with Crippen molar-refractivity contribution in [1.82, 2.24) is 0 Å². The number of carboxylic acid groups (broad SMARTS) is 1. The van der Waals surface area contributed by atoms with Gasteiger partial charge in [0.2, 0.25) is 0 Å². The van der Waals surface area contributed by atoms with E-state index in [1.165, 1.54) is 0 Å². The molecule has 2 aliphatic heterocycles. The molecular formula is C24H24N2O6. The predicted octanol–water partition coefficient (Wildman–Crippen LogP) is 3.28. The number of aliphatic carboxylic acids is 1. The molecule has 2 aliphatic rings. The molecular weight excluding hydrogens is 412 g/mol. The van der Waals surface area contributed by atoms with Gasteiger partial charge in [0.25, 0.3) is 5.91 Å². The molecule has 2 heterocycles. The lowest BCUT2D eigenvalue weighted by Crippen LogP contribution is -2.42. The fourth-order valence-electron chi connectivity index (χ4n) is 4.06. The van der Waals surface area contributed by atoms with Crippen LogP contribution in [0.4, 0.5) is 5.69 Å². The Morgan fingerprint density at radius 1 is 1.22 bits per heavy atom.